The lowest BCUT2D eigenvalue weighted by molar-refractivity contribution is -0.138. The number of benzene rings is 2. The van der Waals surface area contributed by atoms with Crippen LogP contribution in [0.1, 0.15) is 34.0 Å². The Hall–Kier alpha value is -4.57. The Morgan fingerprint density at radius 1 is 0.920 bits per heavy atom. The molecule has 0 spiro atoms. The maximum atomic E-state index is 14.2. The van der Waals surface area contributed by atoms with Gasteiger partial charge in [0.25, 0.3) is 5.91 Å². The summed E-state index contributed by atoms with van der Waals surface area (Å²) >= 11 is 0. The standard InChI is InChI=1S/C35H43F3N10O2/c1-3-45-12-14-47(15-13-45)23-27-6-7-28(21-29(27)35(36,37)38)43-33(49)26-5-4-25(2)30(20-26)44-34-40-9-11-48(34)32-22-31(41-24-42-32)39-8-10-46-16-18-50-19-17-46/h4-7,9,11,20-22,24H,3,8,10,12-19,23H2,1-2H3,(H,40,44)(H,43,49)(H,39,41,42). The highest BCUT2D eigenvalue weighted by molar-refractivity contribution is 6.05. The third-order valence-electron chi connectivity index (χ3n) is 9.10. The van der Waals surface area contributed by atoms with Crippen molar-refractivity contribution in [3.8, 4) is 5.82 Å². The van der Waals surface area contributed by atoms with Gasteiger partial charge in [-0.05, 0) is 48.9 Å². The molecular weight excluding hydrogens is 649 g/mol. The smallest absolute Gasteiger partial charge is 0.379 e. The predicted molar refractivity (Wildman–Crippen MR) is 186 cm³/mol. The van der Waals surface area contributed by atoms with Crippen LogP contribution in [0.3, 0.4) is 0 Å². The Labute approximate surface area is 289 Å². The van der Waals surface area contributed by atoms with Gasteiger partial charge >= 0.3 is 6.18 Å². The van der Waals surface area contributed by atoms with Crippen molar-refractivity contribution in [2.75, 3.05) is 88.1 Å². The number of nitrogens with one attached hydrogen (secondary N) is 3. The molecule has 0 atom stereocenters. The fourth-order valence-electron chi connectivity index (χ4n) is 6.11. The summed E-state index contributed by atoms with van der Waals surface area (Å²) in [5, 5.41) is 9.29. The number of alkyl halides is 3. The van der Waals surface area contributed by atoms with Crippen LogP contribution < -0.4 is 16.0 Å². The third-order valence-corrected chi connectivity index (χ3v) is 9.10. The summed E-state index contributed by atoms with van der Waals surface area (Å²) in [6.45, 7) is 13.1. The molecular formula is C35H43F3N10O2. The van der Waals surface area contributed by atoms with Gasteiger partial charge in [0.2, 0.25) is 5.95 Å². The van der Waals surface area contributed by atoms with Crippen molar-refractivity contribution in [1.82, 2.24) is 34.2 Å². The lowest BCUT2D eigenvalue weighted by Crippen LogP contribution is -2.45. The first-order valence-electron chi connectivity index (χ1n) is 16.9. The van der Waals surface area contributed by atoms with Crippen molar-refractivity contribution in [3.05, 3.63) is 83.4 Å². The van der Waals surface area contributed by atoms with Gasteiger partial charge in [0.05, 0.1) is 18.8 Å². The number of hydrogen-bond donors (Lipinski definition) is 3. The van der Waals surface area contributed by atoms with Gasteiger partial charge < -0.3 is 25.6 Å². The zero-order valence-corrected chi connectivity index (χ0v) is 28.3. The molecule has 2 fully saturated rings. The fraction of sp³-hybridized carbons (Fsp3) is 0.429. The normalized spacial score (nSPS) is 16.3. The first-order chi connectivity index (χ1) is 24.2. The molecule has 4 heterocycles. The predicted octanol–water partition coefficient (Wildman–Crippen LogP) is 4.87. The van der Waals surface area contributed by atoms with Gasteiger partial charge in [0.15, 0.2) is 0 Å². The summed E-state index contributed by atoms with van der Waals surface area (Å²) in [6.07, 6.45) is 0.320. The minimum atomic E-state index is -4.56. The van der Waals surface area contributed by atoms with Crippen molar-refractivity contribution < 1.29 is 22.7 Å². The Kier molecular flexibility index (Phi) is 11.3. The molecule has 266 valence electrons. The van der Waals surface area contributed by atoms with E-state index >= 15 is 0 Å². The second-order valence-corrected chi connectivity index (χ2v) is 12.5. The summed E-state index contributed by atoms with van der Waals surface area (Å²) in [5.74, 6) is 1.20. The number of amides is 1. The van der Waals surface area contributed by atoms with Crippen LogP contribution >= 0.6 is 0 Å². The Morgan fingerprint density at radius 3 is 2.46 bits per heavy atom. The molecule has 0 bridgehead atoms. The fourth-order valence-corrected chi connectivity index (χ4v) is 6.11. The summed E-state index contributed by atoms with van der Waals surface area (Å²) in [6, 6.07) is 10.9. The molecule has 2 aromatic heterocycles. The topological polar surface area (TPSA) is 116 Å². The molecule has 2 aliphatic heterocycles. The van der Waals surface area contributed by atoms with Gasteiger partial charge in [-0.15, -0.1) is 0 Å². The maximum absolute atomic E-state index is 14.2. The molecule has 6 rings (SSSR count). The van der Waals surface area contributed by atoms with Crippen LogP contribution in [0, 0.1) is 6.92 Å². The zero-order valence-electron chi connectivity index (χ0n) is 28.3. The summed E-state index contributed by atoms with van der Waals surface area (Å²) in [5.41, 5.74) is 1.25. The van der Waals surface area contributed by atoms with E-state index < -0.39 is 17.6 Å². The number of carbonyl (C=O) groups is 1. The molecule has 0 unspecified atom stereocenters. The van der Waals surface area contributed by atoms with Gasteiger partial charge in [0.1, 0.15) is 18.0 Å². The van der Waals surface area contributed by atoms with Crippen molar-refractivity contribution in [3.63, 3.8) is 0 Å². The molecule has 3 N–H and O–H groups in total. The van der Waals surface area contributed by atoms with Crippen LogP contribution in [0.2, 0.25) is 0 Å². The average molecular weight is 693 g/mol. The maximum Gasteiger partial charge on any atom is 0.416 e. The molecule has 2 saturated heterocycles. The molecule has 0 radical (unpaired) electrons. The number of aryl methyl sites for hydroxylation is 1. The average Bonchev–Trinajstić information content (AvgIpc) is 3.58. The largest absolute Gasteiger partial charge is 0.416 e. The monoisotopic (exact) mass is 692 g/mol. The first-order valence-corrected chi connectivity index (χ1v) is 16.9. The molecule has 50 heavy (non-hydrogen) atoms. The van der Waals surface area contributed by atoms with E-state index in [4.69, 9.17) is 4.74 Å². The third kappa shape index (κ3) is 8.96. The van der Waals surface area contributed by atoms with Gasteiger partial charge in [-0.2, -0.15) is 13.2 Å². The van der Waals surface area contributed by atoms with Crippen molar-refractivity contribution >= 4 is 29.0 Å². The van der Waals surface area contributed by atoms with E-state index in [-0.39, 0.29) is 23.4 Å². The van der Waals surface area contributed by atoms with E-state index in [1.807, 2.05) is 17.9 Å². The van der Waals surface area contributed by atoms with Gasteiger partial charge in [-0.1, -0.05) is 19.1 Å². The molecule has 0 aliphatic carbocycles. The number of nitrogens with zero attached hydrogens (tertiary/aromatic N) is 7. The number of ether oxygens (including phenoxy) is 1. The Morgan fingerprint density at radius 2 is 1.70 bits per heavy atom. The number of likely N-dealkylation sites (N-methyl/N-ethyl adjacent to an activating group) is 1. The van der Waals surface area contributed by atoms with Crippen LogP contribution in [0.25, 0.3) is 5.82 Å². The van der Waals surface area contributed by atoms with E-state index in [0.29, 0.717) is 36.4 Å². The van der Waals surface area contributed by atoms with E-state index in [9.17, 15) is 18.0 Å². The quantitative estimate of drug-likeness (QED) is 0.190. The van der Waals surface area contributed by atoms with Gasteiger partial charge in [0, 0.05) is 94.3 Å². The zero-order chi connectivity index (χ0) is 35.1. The molecule has 1 amide bonds. The van der Waals surface area contributed by atoms with Crippen LogP contribution in [-0.4, -0.2) is 112 Å². The minimum Gasteiger partial charge on any atom is -0.379 e. The van der Waals surface area contributed by atoms with Gasteiger partial charge in [-0.25, -0.2) is 15.0 Å². The van der Waals surface area contributed by atoms with E-state index in [2.05, 4.69) is 47.6 Å². The number of carbonyl (C=O) groups excluding carboxylic acids is 1. The van der Waals surface area contributed by atoms with Crippen molar-refractivity contribution in [2.45, 2.75) is 26.6 Å². The summed E-state index contributed by atoms with van der Waals surface area (Å²) in [7, 11) is 0. The number of imidazole rings is 1. The van der Waals surface area contributed by atoms with Crippen LogP contribution in [0.5, 0.6) is 0 Å². The second kappa shape index (κ2) is 16.0. The molecule has 2 aromatic carbocycles. The van der Waals surface area contributed by atoms with Crippen molar-refractivity contribution in [1.29, 1.82) is 0 Å². The van der Waals surface area contributed by atoms with E-state index in [1.54, 1.807) is 35.2 Å². The number of aromatic nitrogens is 4. The second-order valence-electron chi connectivity index (χ2n) is 12.5. The SMILES string of the molecule is CCN1CCN(Cc2ccc(NC(=O)c3ccc(C)c(Nc4nccn4-c4cc(NCCN5CCOCC5)ncn4)c3)cc2C(F)(F)F)CC1. The molecule has 4 aromatic rings. The van der Waals surface area contributed by atoms with Gasteiger partial charge in [-0.3, -0.25) is 19.2 Å². The number of halogens is 3. The molecule has 2 aliphatic rings. The van der Waals surface area contributed by atoms with E-state index in [1.165, 1.54) is 18.5 Å². The number of morpholine rings is 1. The Bertz CT molecular complexity index is 1750. The van der Waals surface area contributed by atoms with Crippen molar-refractivity contribution in [2.24, 2.45) is 0 Å². The minimum absolute atomic E-state index is 0.0747. The summed E-state index contributed by atoms with van der Waals surface area (Å²) < 4.78 is 49.7. The Balaban J connectivity index is 1.12. The first kappa shape index (κ1) is 35.3. The van der Waals surface area contributed by atoms with Crippen LogP contribution in [0.4, 0.5) is 36.3 Å². The highest BCUT2D eigenvalue weighted by Gasteiger charge is 2.34. The molecule has 0 saturated carbocycles. The summed E-state index contributed by atoms with van der Waals surface area (Å²) in [4.78, 5) is 33.2. The number of rotatable bonds is 12. The number of hydrogen-bond acceptors (Lipinski definition) is 10. The molecule has 12 nitrogen and oxygen atoms in total. The molecule has 15 heteroatoms. The lowest BCUT2D eigenvalue weighted by Gasteiger charge is -2.34. The highest BCUT2D eigenvalue weighted by atomic mass is 19.4. The lowest BCUT2D eigenvalue weighted by atomic mass is 10.0. The van der Waals surface area contributed by atoms with Crippen LogP contribution in [0.15, 0.2) is 61.2 Å². The highest BCUT2D eigenvalue weighted by Crippen LogP contribution is 2.35. The number of anilines is 4. The van der Waals surface area contributed by atoms with E-state index in [0.717, 1.165) is 70.7 Å². The van der Waals surface area contributed by atoms with Crippen LogP contribution in [-0.2, 0) is 17.5 Å². The number of piperazine rings is 1.